The number of aromatic nitrogens is 2. The number of rotatable bonds is 4. The summed E-state index contributed by atoms with van der Waals surface area (Å²) in [5, 5.41) is 5.88. The largest absolute Gasteiger partial charge is 1.00 e. The number of nitrogens with zero attached hydrogens (tertiary/aromatic N) is 2. The summed E-state index contributed by atoms with van der Waals surface area (Å²) in [4.78, 5) is 8.06. The highest BCUT2D eigenvalue weighted by Crippen LogP contribution is 2.21. The maximum absolute atomic E-state index is 13.9. The summed E-state index contributed by atoms with van der Waals surface area (Å²) in [6.45, 7) is 0. The van der Waals surface area contributed by atoms with Gasteiger partial charge in [0.15, 0.2) is 11.6 Å². The zero-order valence-corrected chi connectivity index (χ0v) is 12.1. The van der Waals surface area contributed by atoms with Crippen molar-refractivity contribution in [2.75, 3.05) is 22.1 Å². The fourth-order valence-corrected chi connectivity index (χ4v) is 1.91. The molecule has 0 aliphatic carbocycles. The van der Waals surface area contributed by atoms with Crippen molar-refractivity contribution < 1.29 is 5.82 Å². The molecule has 0 aliphatic rings. The van der Waals surface area contributed by atoms with Crippen molar-refractivity contribution in [3.63, 3.8) is 0 Å². The minimum Gasteiger partial charge on any atom is -0.399 e. The van der Waals surface area contributed by atoms with Gasteiger partial charge in [-0.1, -0.05) is 0 Å². The molecule has 0 amide bonds. The number of nitrogens with one attached hydrogen (secondary N) is 2. The van der Waals surface area contributed by atoms with Crippen LogP contribution in [0.5, 0.6) is 0 Å². The predicted octanol–water partition coefficient (Wildman–Crippen LogP) is 3.38. The van der Waals surface area contributed by atoms with E-state index in [1.807, 2.05) is 0 Å². The summed E-state index contributed by atoms with van der Waals surface area (Å²) in [7, 11) is 0. The molecule has 0 atom stereocenters. The summed E-state index contributed by atoms with van der Waals surface area (Å²) < 4.78 is 13.9. The molecule has 3 aromatic rings. The van der Waals surface area contributed by atoms with Crippen LogP contribution in [-0.2, 0) is 0 Å². The monoisotopic (exact) mass is 311 g/mol. The molecular weight excluding hydrogens is 295 g/mol. The van der Waals surface area contributed by atoms with Crippen molar-refractivity contribution in [1.82, 2.24) is 9.97 Å². The van der Waals surface area contributed by atoms with Gasteiger partial charge in [-0.3, -0.25) is 0 Å². The van der Waals surface area contributed by atoms with Crippen molar-refractivity contribution >= 4 is 34.5 Å². The van der Waals surface area contributed by atoms with Crippen molar-refractivity contribution in [3.05, 3.63) is 60.5 Å². The van der Waals surface area contributed by atoms with Gasteiger partial charge < -0.3 is 22.1 Å². The number of benzene rings is 2. The van der Waals surface area contributed by atoms with Crippen molar-refractivity contribution in [3.8, 4) is 0 Å². The van der Waals surface area contributed by atoms with Crippen molar-refractivity contribution in [1.29, 1.82) is 0 Å². The van der Waals surface area contributed by atoms with Gasteiger partial charge in [0.25, 0.3) is 0 Å². The summed E-state index contributed by atoms with van der Waals surface area (Å²) in [6.07, 6.45) is 1.10. The number of hydrogen-bond acceptors (Lipinski definition) is 6. The van der Waals surface area contributed by atoms with Crippen LogP contribution in [0.4, 0.5) is 38.9 Å². The van der Waals surface area contributed by atoms with Gasteiger partial charge in [-0.2, -0.15) is 4.98 Å². The lowest BCUT2D eigenvalue weighted by molar-refractivity contribution is 0.619. The van der Waals surface area contributed by atoms with Crippen LogP contribution in [0.2, 0.25) is 0 Å². The summed E-state index contributed by atoms with van der Waals surface area (Å²) in [6, 6.07) is 14.0. The quantitative estimate of drug-likeness (QED) is 0.551. The molecule has 116 valence electrons. The normalized spacial score (nSPS) is 10.3. The second-order valence-corrected chi connectivity index (χ2v) is 4.88. The molecule has 7 heteroatoms. The molecule has 3 rings (SSSR count). The Morgan fingerprint density at radius 3 is 1.91 bits per heavy atom. The maximum atomic E-state index is 13.9. The fourth-order valence-electron chi connectivity index (χ4n) is 1.91. The van der Waals surface area contributed by atoms with Gasteiger partial charge in [0, 0.05) is 22.7 Å². The molecule has 0 radical (unpaired) electrons. The van der Waals surface area contributed by atoms with Crippen LogP contribution in [0, 0.1) is 5.82 Å². The zero-order valence-electron chi connectivity index (χ0n) is 13.1. The first-order valence-electron chi connectivity index (χ1n) is 6.88. The number of nitrogens with two attached hydrogens (primary N) is 2. The standard InChI is InChI=1S/C16H15FN6/c17-14-9-20-16(22-13-7-3-11(19)4-8-13)23-15(14)21-12-5-1-10(18)2-6-12/h1-9H,18-19H2,(H2,20,21,22,23)/p+1. The maximum Gasteiger partial charge on any atom is 1.00 e. The third kappa shape index (κ3) is 3.65. The van der Waals surface area contributed by atoms with Gasteiger partial charge >= 0.3 is 1.43 Å². The van der Waals surface area contributed by atoms with E-state index in [0.717, 1.165) is 11.9 Å². The highest BCUT2D eigenvalue weighted by molar-refractivity contribution is 5.62. The van der Waals surface area contributed by atoms with E-state index in [2.05, 4.69) is 20.6 Å². The molecule has 2 aromatic carbocycles. The number of hydrogen-bond donors (Lipinski definition) is 4. The van der Waals surface area contributed by atoms with Crippen LogP contribution in [0.3, 0.4) is 0 Å². The summed E-state index contributed by atoms with van der Waals surface area (Å²) in [5.41, 5.74) is 14.0. The van der Waals surface area contributed by atoms with Crippen molar-refractivity contribution in [2.45, 2.75) is 0 Å². The Morgan fingerprint density at radius 2 is 1.35 bits per heavy atom. The topological polar surface area (TPSA) is 102 Å². The van der Waals surface area contributed by atoms with E-state index >= 15 is 0 Å². The zero-order chi connectivity index (χ0) is 16.2. The Hall–Kier alpha value is -3.35. The molecule has 0 fully saturated rings. The van der Waals surface area contributed by atoms with Gasteiger partial charge in [0.1, 0.15) is 0 Å². The van der Waals surface area contributed by atoms with Gasteiger partial charge in [-0.15, -0.1) is 0 Å². The molecule has 0 saturated heterocycles. The molecule has 0 saturated carbocycles. The second-order valence-electron chi connectivity index (χ2n) is 4.88. The Balaban J connectivity index is 0.00000208. The van der Waals surface area contributed by atoms with Crippen molar-refractivity contribution in [2.24, 2.45) is 0 Å². The molecule has 0 unspecified atom stereocenters. The fraction of sp³-hybridized carbons (Fsp3) is 0. The summed E-state index contributed by atoms with van der Waals surface area (Å²) >= 11 is 0. The smallest absolute Gasteiger partial charge is 0.399 e. The van der Waals surface area contributed by atoms with E-state index in [1.54, 1.807) is 48.5 Å². The average molecular weight is 311 g/mol. The highest BCUT2D eigenvalue weighted by Gasteiger charge is 2.08. The van der Waals surface area contributed by atoms with E-state index in [4.69, 9.17) is 11.5 Å². The van der Waals surface area contributed by atoms with E-state index in [0.29, 0.717) is 17.1 Å². The Kier molecular flexibility index (Phi) is 3.92. The van der Waals surface area contributed by atoms with E-state index < -0.39 is 5.82 Å². The van der Waals surface area contributed by atoms with Gasteiger partial charge in [-0.25, -0.2) is 9.37 Å². The molecule has 23 heavy (non-hydrogen) atoms. The first-order chi connectivity index (χ1) is 11.1. The third-order valence-electron chi connectivity index (χ3n) is 3.08. The number of anilines is 6. The molecule has 1 aromatic heterocycles. The lowest BCUT2D eigenvalue weighted by Gasteiger charge is -2.10. The molecular formula is C16H16FN6+. The summed E-state index contributed by atoms with van der Waals surface area (Å²) in [5.74, 6) is -0.207. The van der Waals surface area contributed by atoms with Crippen LogP contribution in [0.25, 0.3) is 0 Å². The van der Waals surface area contributed by atoms with Crippen LogP contribution in [0.1, 0.15) is 1.43 Å². The van der Waals surface area contributed by atoms with E-state index in [9.17, 15) is 4.39 Å². The lowest BCUT2D eigenvalue weighted by Crippen LogP contribution is -2.03. The first-order valence-corrected chi connectivity index (χ1v) is 6.88. The SMILES string of the molecule is Nc1ccc(Nc2ncc(F)c(Nc3ccc(N)cc3)n2)cc1.[H+]. The average Bonchev–Trinajstić information content (AvgIpc) is 2.55. The van der Waals surface area contributed by atoms with Crippen LogP contribution < -0.4 is 22.1 Å². The second kappa shape index (κ2) is 6.18. The van der Waals surface area contributed by atoms with Crippen LogP contribution in [0.15, 0.2) is 54.7 Å². The molecule has 6 nitrogen and oxygen atoms in total. The number of halogens is 1. The molecule has 1 heterocycles. The Labute approximate surface area is 133 Å². The van der Waals surface area contributed by atoms with E-state index in [1.165, 1.54) is 0 Å². The minimum absolute atomic E-state index is 0. The van der Waals surface area contributed by atoms with Gasteiger partial charge in [-0.05, 0) is 48.5 Å². The molecule has 0 aliphatic heterocycles. The van der Waals surface area contributed by atoms with Crippen LogP contribution >= 0.6 is 0 Å². The van der Waals surface area contributed by atoms with Gasteiger partial charge in [0.05, 0.1) is 6.20 Å². The first kappa shape index (κ1) is 14.6. The Morgan fingerprint density at radius 1 is 0.826 bits per heavy atom. The molecule has 6 N–H and O–H groups in total. The molecule has 0 spiro atoms. The lowest BCUT2D eigenvalue weighted by atomic mass is 10.3. The van der Waals surface area contributed by atoms with Gasteiger partial charge in [0.2, 0.25) is 5.95 Å². The Bertz CT molecular complexity index is 808. The predicted molar refractivity (Wildman–Crippen MR) is 91.4 cm³/mol. The van der Waals surface area contributed by atoms with E-state index in [-0.39, 0.29) is 13.2 Å². The molecule has 0 bridgehead atoms. The van der Waals surface area contributed by atoms with Crippen LogP contribution in [-0.4, -0.2) is 9.97 Å². The highest BCUT2D eigenvalue weighted by atomic mass is 19.1. The third-order valence-corrected chi connectivity index (χ3v) is 3.08. The minimum atomic E-state index is -0.551. The number of nitrogen functional groups attached to an aromatic ring is 2.